The van der Waals surface area contributed by atoms with Crippen molar-refractivity contribution in [3.8, 4) is 0 Å². The van der Waals surface area contributed by atoms with E-state index in [0.29, 0.717) is 43.0 Å². The van der Waals surface area contributed by atoms with Crippen LogP contribution in [-0.2, 0) is 17.1 Å². The molecule has 9 nitrogen and oxygen atoms in total. The van der Waals surface area contributed by atoms with Crippen LogP contribution >= 0.6 is 0 Å². The Kier molecular flexibility index (Phi) is 5.29. The number of hydrogen-bond donors (Lipinski definition) is 0. The topological polar surface area (TPSA) is 101 Å². The van der Waals surface area contributed by atoms with E-state index in [1.165, 1.54) is 10.5 Å². The van der Waals surface area contributed by atoms with Gasteiger partial charge in [0.1, 0.15) is 10.6 Å². The fourth-order valence-electron chi connectivity index (χ4n) is 3.82. The molecule has 0 radical (unpaired) electrons. The maximum absolute atomic E-state index is 13.2. The average Bonchev–Trinajstić information content (AvgIpc) is 2.91. The van der Waals surface area contributed by atoms with Gasteiger partial charge < -0.3 is 4.90 Å². The molecule has 1 aromatic carbocycles. The van der Waals surface area contributed by atoms with E-state index in [0.717, 1.165) is 5.52 Å². The maximum atomic E-state index is 13.2. The number of carbonyl (C=O) groups is 1. The Morgan fingerprint density at radius 2 is 1.77 bits per heavy atom. The number of aryl methyl sites for hydroxylation is 2. The number of nitrogens with zero attached hydrogens (tertiary/aromatic N) is 6. The Labute approximate surface area is 175 Å². The Balaban J connectivity index is 1.54. The Hall–Kier alpha value is -2.85. The van der Waals surface area contributed by atoms with Crippen LogP contribution < -0.4 is 0 Å². The lowest BCUT2D eigenvalue weighted by molar-refractivity contribution is 0.0758. The molecular weight excluding hydrogens is 404 g/mol. The lowest BCUT2D eigenvalue weighted by Gasteiger charge is -2.22. The number of aromatic nitrogens is 4. The molecule has 4 rings (SSSR count). The molecule has 10 heteroatoms. The van der Waals surface area contributed by atoms with E-state index in [2.05, 4.69) is 15.1 Å². The van der Waals surface area contributed by atoms with Crippen LogP contribution in [0.4, 0.5) is 0 Å². The van der Waals surface area contributed by atoms with Gasteiger partial charge in [-0.2, -0.15) is 9.40 Å². The van der Waals surface area contributed by atoms with Crippen LogP contribution in [0.5, 0.6) is 0 Å². The number of benzene rings is 1. The summed E-state index contributed by atoms with van der Waals surface area (Å²) in [5.41, 5.74) is 2.74. The maximum Gasteiger partial charge on any atom is 0.274 e. The lowest BCUT2D eigenvalue weighted by Crippen LogP contribution is -2.38. The van der Waals surface area contributed by atoms with Gasteiger partial charge >= 0.3 is 0 Å². The van der Waals surface area contributed by atoms with Gasteiger partial charge in [-0.3, -0.25) is 14.5 Å². The van der Waals surface area contributed by atoms with Crippen molar-refractivity contribution in [1.29, 1.82) is 0 Å². The van der Waals surface area contributed by atoms with Crippen molar-refractivity contribution in [3.05, 3.63) is 47.5 Å². The van der Waals surface area contributed by atoms with Gasteiger partial charge in [-0.15, -0.1) is 0 Å². The predicted molar refractivity (Wildman–Crippen MR) is 111 cm³/mol. The number of rotatable bonds is 3. The third-order valence-corrected chi connectivity index (χ3v) is 7.60. The highest BCUT2D eigenvalue weighted by atomic mass is 32.2. The summed E-state index contributed by atoms with van der Waals surface area (Å²) in [6, 6.07) is 7.37. The van der Waals surface area contributed by atoms with Gasteiger partial charge in [0.05, 0.1) is 28.6 Å². The van der Waals surface area contributed by atoms with Crippen LogP contribution in [0.25, 0.3) is 11.0 Å². The highest BCUT2D eigenvalue weighted by Gasteiger charge is 2.32. The summed E-state index contributed by atoms with van der Waals surface area (Å²) in [6.07, 6.45) is 2.02. The van der Waals surface area contributed by atoms with Gasteiger partial charge in [-0.25, -0.2) is 13.4 Å². The second-order valence-corrected chi connectivity index (χ2v) is 9.29. The van der Waals surface area contributed by atoms with Gasteiger partial charge in [0.15, 0.2) is 0 Å². The zero-order valence-electron chi connectivity index (χ0n) is 17.2. The van der Waals surface area contributed by atoms with E-state index >= 15 is 0 Å². The molecule has 0 N–H and O–H groups in total. The van der Waals surface area contributed by atoms with Crippen molar-refractivity contribution < 1.29 is 13.2 Å². The SMILES string of the molecule is Cc1nn(C)c(C)c1S(=O)(=O)N1CCCN(C(=O)c2cnc3ccccc3n2)CC1. The molecule has 1 fully saturated rings. The van der Waals surface area contributed by atoms with E-state index in [1.807, 2.05) is 24.3 Å². The van der Waals surface area contributed by atoms with Crippen LogP contribution in [0.2, 0.25) is 0 Å². The number of para-hydroxylation sites is 2. The number of carbonyl (C=O) groups excluding carboxylic acids is 1. The van der Waals surface area contributed by atoms with Crippen LogP contribution in [0.15, 0.2) is 35.4 Å². The number of amides is 1. The minimum atomic E-state index is -3.68. The average molecular weight is 429 g/mol. The van der Waals surface area contributed by atoms with E-state index < -0.39 is 10.0 Å². The summed E-state index contributed by atoms with van der Waals surface area (Å²) in [5.74, 6) is -0.235. The first-order valence-electron chi connectivity index (χ1n) is 9.80. The van der Waals surface area contributed by atoms with Gasteiger partial charge in [-0.05, 0) is 32.4 Å². The molecule has 0 unspecified atom stereocenters. The van der Waals surface area contributed by atoms with Crippen molar-refractivity contribution >= 4 is 27.0 Å². The summed E-state index contributed by atoms with van der Waals surface area (Å²) in [6.45, 7) is 4.78. The lowest BCUT2D eigenvalue weighted by atomic mass is 10.2. The molecule has 3 heterocycles. The highest BCUT2D eigenvalue weighted by molar-refractivity contribution is 7.89. The molecule has 0 spiro atoms. The van der Waals surface area contributed by atoms with Gasteiger partial charge in [0.25, 0.3) is 5.91 Å². The smallest absolute Gasteiger partial charge is 0.274 e. The minimum Gasteiger partial charge on any atom is -0.336 e. The second kappa shape index (κ2) is 7.77. The Bertz CT molecular complexity index is 1220. The number of fused-ring (bicyclic) bond motifs is 1. The Morgan fingerprint density at radius 1 is 1.03 bits per heavy atom. The zero-order valence-corrected chi connectivity index (χ0v) is 18.1. The van der Waals surface area contributed by atoms with Gasteiger partial charge in [0.2, 0.25) is 10.0 Å². The first kappa shape index (κ1) is 20.4. The van der Waals surface area contributed by atoms with Crippen molar-refractivity contribution in [3.63, 3.8) is 0 Å². The molecule has 1 aliphatic rings. The summed E-state index contributed by atoms with van der Waals surface area (Å²) < 4.78 is 29.5. The molecule has 30 heavy (non-hydrogen) atoms. The molecular formula is C20H24N6O3S. The van der Waals surface area contributed by atoms with Crippen LogP contribution in [0.1, 0.15) is 28.3 Å². The quantitative estimate of drug-likeness (QED) is 0.627. The second-order valence-electron chi connectivity index (χ2n) is 7.42. The molecule has 3 aromatic rings. The standard InChI is InChI=1S/C20H24N6O3S/c1-14-19(15(2)24(3)23-14)30(28,29)26-10-6-9-25(11-12-26)20(27)18-13-21-16-7-4-5-8-17(16)22-18/h4-5,7-8,13H,6,9-12H2,1-3H3. The van der Waals surface area contributed by atoms with Gasteiger partial charge in [0, 0.05) is 33.2 Å². The third-order valence-electron chi connectivity index (χ3n) is 5.45. The number of sulfonamides is 1. The molecule has 1 aliphatic heterocycles. The normalized spacial score (nSPS) is 16.0. The van der Waals surface area contributed by atoms with Crippen LogP contribution in [0.3, 0.4) is 0 Å². The molecule has 1 saturated heterocycles. The molecule has 2 aromatic heterocycles. The fourth-order valence-corrected chi connectivity index (χ4v) is 5.69. The van der Waals surface area contributed by atoms with E-state index in [4.69, 9.17) is 0 Å². The Morgan fingerprint density at radius 3 is 2.47 bits per heavy atom. The molecule has 0 aliphatic carbocycles. The monoisotopic (exact) mass is 428 g/mol. The summed E-state index contributed by atoms with van der Waals surface area (Å²) in [5, 5.41) is 4.23. The summed E-state index contributed by atoms with van der Waals surface area (Å²) in [4.78, 5) is 23.6. The molecule has 0 atom stereocenters. The fraction of sp³-hybridized carbons (Fsp3) is 0.400. The van der Waals surface area contributed by atoms with Gasteiger partial charge in [-0.1, -0.05) is 12.1 Å². The van der Waals surface area contributed by atoms with Crippen molar-refractivity contribution in [1.82, 2.24) is 29.0 Å². The molecule has 0 bridgehead atoms. The first-order chi connectivity index (χ1) is 14.3. The van der Waals surface area contributed by atoms with Crippen LogP contribution in [0, 0.1) is 13.8 Å². The minimum absolute atomic E-state index is 0.225. The molecule has 1 amide bonds. The third kappa shape index (κ3) is 3.56. The first-order valence-corrected chi connectivity index (χ1v) is 11.2. The highest BCUT2D eigenvalue weighted by Crippen LogP contribution is 2.24. The van der Waals surface area contributed by atoms with Crippen molar-refractivity contribution in [2.45, 2.75) is 25.2 Å². The molecule has 158 valence electrons. The van der Waals surface area contributed by atoms with E-state index in [9.17, 15) is 13.2 Å². The summed E-state index contributed by atoms with van der Waals surface area (Å²) >= 11 is 0. The summed E-state index contributed by atoms with van der Waals surface area (Å²) in [7, 11) is -1.95. The van der Waals surface area contributed by atoms with Crippen LogP contribution in [-0.4, -0.2) is 69.5 Å². The van der Waals surface area contributed by atoms with E-state index in [1.54, 1.807) is 30.5 Å². The zero-order chi connectivity index (χ0) is 21.5. The number of hydrogen-bond acceptors (Lipinski definition) is 6. The predicted octanol–water partition coefficient (Wildman–Crippen LogP) is 1.52. The largest absolute Gasteiger partial charge is 0.336 e. The van der Waals surface area contributed by atoms with Crippen molar-refractivity contribution in [2.24, 2.45) is 7.05 Å². The molecule has 0 saturated carbocycles. The van der Waals surface area contributed by atoms with Crippen molar-refractivity contribution in [2.75, 3.05) is 26.2 Å². The van der Waals surface area contributed by atoms with E-state index in [-0.39, 0.29) is 23.0 Å².